The van der Waals surface area contributed by atoms with Gasteiger partial charge in [0.25, 0.3) is 5.91 Å². The molecule has 14 heteroatoms. The van der Waals surface area contributed by atoms with E-state index in [4.69, 9.17) is 16.2 Å². The van der Waals surface area contributed by atoms with Gasteiger partial charge in [0.2, 0.25) is 5.91 Å². The molecule has 11 nitrogen and oxygen atoms in total. The summed E-state index contributed by atoms with van der Waals surface area (Å²) in [5, 5.41) is 9.66. The molecule has 1 aromatic carbocycles. The first-order chi connectivity index (χ1) is 20.1. The summed E-state index contributed by atoms with van der Waals surface area (Å²) in [6.07, 6.45) is -2.76. The summed E-state index contributed by atoms with van der Waals surface area (Å²) >= 11 is 0. The molecule has 1 saturated carbocycles. The maximum Gasteiger partial charge on any atom is 0.435 e. The largest absolute Gasteiger partial charge is 0.461 e. The van der Waals surface area contributed by atoms with Crippen molar-refractivity contribution >= 4 is 29.3 Å². The Bertz CT molecular complexity index is 1410. The van der Waals surface area contributed by atoms with Crippen molar-refractivity contribution in [3.05, 3.63) is 40.7 Å². The van der Waals surface area contributed by atoms with Gasteiger partial charge in [-0.2, -0.15) is 18.3 Å². The van der Waals surface area contributed by atoms with Crippen LogP contribution in [0.5, 0.6) is 0 Å². The Morgan fingerprint density at radius 2 is 1.84 bits per heavy atom. The van der Waals surface area contributed by atoms with Crippen LogP contribution in [0.3, 0.4) is 0 Å². The molecule has 1 atom stereocenters. The van der Waals surface area contributed by atoms with Gasteiger partial charge in [-0.05, 0) is 62.6 Å². The second-order valence-electron chi connectivity index (χ2n) is 12.0. The Morgan fingerprint density at radius 3 is 2.44 bits per heavy atom. The number of rotatable bonds is 9. The van der Waals surface area contributed by atoms with Crippen molar-refractivity contribution in [2.75, 3.05) is 11.9 Å². The van der Waals surface area contributed by atoms with Crippen molar-refractivity contribution in [1.29, 1.82) is 0 Å². The number of amides is 2. The van der Waals surface area contributed by atoms with E-state index in [0.717, 1.165) is 4.68 Å². The molecule has 0 unspecified atom stereocenters. The monoisotopic (exact) mass is 606 g/mol. The van der Waals surface area contributed by atoms with Crippen LogP contribution in [0.2, 0.25) is 0 Å². The van der Waals surface area contributed by atoms with Gasteiger partial charge < -0.3 is 26.8 Å². The molecule has 0 bridgehead atoms. The van der Waals surface area contributed by atoms with Gasteiger partial charge in [0.05, 0.1) is 22.5 Å². The Kier molecular flexibility index (Phi) is 9.19. The normalized spacial score (nSPS) is 20.6. The molecular weight excluding hydrogens is 569 g/mol. The number of nitrogens with one attached hydrogen (secondary N) is 2. The Balaban J connectivity index is 1.52. The molecule has 1 aromatic heterocycles. The lowest BCUT2D eigenvalue weighted by Gasteiger charge is -2.31. The molecule has 1 fully saturated rings. The predicted octanol–water partition coefficient (Wildman–Crippen LogP) is 3.26. The molecule has 6 N–H and O–H groups in total. The Labute approximate surface area is 246 Å². The van der Waals surface area contributed by atoms with Crippen LogP contribution in [0, 0.1) is 5.41 Å². The summed E-state index contributed by atoms with van der Waals surface area (Å²) < 4.78 is 48.4. The van der Waals surface area contributed by atoms with E-state index < -0.39 is 46.6 Å². The van der Waals surface area contributed by atoms with Crippen molar-refractivity contribution in [2.45, 2.75) is 90.1 Å². The number of primary amides is 1. The van der Waals surface area contributed by atoms with Crippen molar-refractivity contribution in [2.24, 2.45) is 16.9 Å². The van der Waals surface area contributed by atoms with Crippen LogP contribution in [0.1, 0.15) is 91.4 Å². The molecule has 2 aromatic rings. The number of hydrogen-bond acceptors (Lipinski definition) is 8. The lowest BCUT2D eigenvalue weighted by atomic mass is 9.75. The molecule has 2 amide bonds. The van der Waals surface area contributed by atoms with Crippen LogP contribution in [-0.4, -0.2) is 58.1 Å². The van der Waals surface area contributed by atoms with E-state index in [9.17, 15) is 32.3 Å². The fourth-order valence-electron chi connectivity index (χ4n) is 5.67. The number of benzene rings is 1. The molecular formula is C29H37F3N6O5. The van der Waals surface area contributed by atoms with Crippen molar-refractivity contribution < 1.29 is 37.1 Å². The summed E-state index contributed by atoms with van der Waals surface area (Å²) in [5.41, 5.74) is 9.64. The Hall–Kier alpha value is -3.94. The van der Waals surface area contributed by atoms with E-state index in [1.807, 2.05) is 13.8 Å². The number of nitrogens with two attached hydrogens (primary N) is 2. The predicted molar refractivity (Wildman–Crippen MR) is 151 cm³/mol. The van der Waals surface area contributed by atoms with Crippen LogP contribution in [0.15, 0.2) is 18.2 Å². The van der Waals surface area contributed by atoms with Gasteiger partial charge in [0.15, 0.2) is 11.5 Å². The lowest BCUT2D eigenvalue weighted by molar-refractivity contribution is -0.154. The molecule has 1 heterocycles. The molecule has 0 aliphatic heterocycles. The fraction of sp³-hybridized carbons (Fsp3) is 0.552. The average molecular weight is 607 g/mol. The van der Waals surface area contributed by atoms with Gasteiger partial charge in [-0.3, -0.25) is 14.4 Å². The summed E-state index contributed by atoms with van der Waals surface area (Å²) in [7, 11) is 0. The number of ether oxygens (including phenoxy) is 1. The van der Waals surface area contributed by atoms with Crippen LogP contribution >= 0.6 is 0 Å². The van der Waals surface area contributed by atoms with Gasteiger partial charge in [-0.15, -0.1) is 0 Å². The van der Waals surface area contributed by atoms with Gasteiger partial charge in [-0.25, -0.2) is 9.48 Å². The average Bonchev–Trinajstić information content (AvgIpc) is 3.29. The molecule has 2 aliphatic carbocycles. The van der Waals surface area contributed by atoms with E-state index in [1.165, 1.54) is 25.1 Å². The third-order valence-corrected chi connectivity index (χ3v) is 7.75. The second kappa shape index (κ2) is 12.3. The maximum atomic E-state index is 13.9. The summed E-state index contributed by atoms with van der Waals surface area (Å²) in [5.74, 6) is -2.22. The van der Waals surface area contributed by atoms with Crippen LogP contribution in [0.25, 0.3) is 5.69 Å². The molecule has 0 saturated heterocycles. The van der Waals surface area contributed by atoms with E-state index in [2.05, 4.69) is 15.7 Å². The van der Waals surface area contributed by atoms with Crippen LogP contribution in [0.4, 0.5) is 18.9 Å². The number of fused-ring (bicyclic) bond motifs is 1. The number of anilines is 1. The first kappa shape index (κ1) is 32.0. The topological polar surface area (TPSA) is 171 Å². The van der Waals surface area contributed by atoms with Crippen LogP contribution in [-0.2, 0) is 26.9 Å². The Morgan fingerprint density at radius 1 is 1.16 bits per heavy atom. The molecule has 0 spiro atoms. The van der Waals surface area contributed by atoms with Crippen molar-refractivity contribution in [3.63, 3.8) is 0 Å². The highest BCUT2D eigenvalue weighted by Gasteiger charge is 2.45. The zero-order valence-electron chi connectivity index (χ0n) is 24.3. The van der Waals surface area contributed by atoms with Gasteiger partial charge in [0.1, 0.15) is 12.1 Å². The number of ketones is 1. The van der Waals surface area contributed by atoms with Gasteiger partial charge in [0, 0.05) is 31.1 Å². The molecule has 43 heavy (non-hydrogen) atoms. The number of esters is 1. The number of carbonyl (C=O) groups is 4. The summed E-state index contributed by atoms with van der Waals surface area (Å²) in [6.45, 7) is 5.33. The highest BCUT2D eigenvalue weighted by molar-refractivity contribution is 6.00. The highest BCUT2D eigenvalue weighted by Crippen LogP contribution is 2.42. The minimum Gasteiger partial charge on any atom is -0.461 e. The third kappa shape index (κ3) is 7.35. The van der Waals surface area contributed by atoms with E-state index in [-0.39, 0.29) is 60.8 Å². The number of halogens is 3. The number of hydrogen-bond donors (Lipinski definition) is 4. The quantitative estimate of drug-likeness (QED) is 0.315. The minimum atomic E-state index is -4.82. The molecule has 2 aliphatic rings. The first-order valence-electron chi connectivity index (χ1n) is 14.2. The summed E-state index contributed by atoms with van der Waals surface area (Å²) in [6, 6.07) is 3.42. The van der Waals surface area contributed by atoms with Crippen molar-refractivity contribution in [1.82, 2.24) is 15.1 Å². The number of nitrogens with zero attached hydrogens (tertiary/aromatic N) is 2. The minimum absolute atomic E-state index is 0.0258. The highest BCUT2D eigenvalue weighted by atomic mass is 19.4. The summed E-state index contributed by atoms with van der Waals surface area (Å²) in [4.78, 5) is 49.2. The van der Waals surface area contributed by atoms with E-state index >= 15 is 0 Å². The number of aromatic nitrogens is 2. The second-order valence-corrected chi connectivity index (χ2v) is 12.0. The third-order valence-electron chi connectivity index (χ3n) is 7.75. The standard InChI is InChI=1S/C29H37F3N6O5/c1-15(35-23(40)10-11-33)27(42)43-18-7-4-16(5-8-18)36-20-12-17(6-9-19(20)26(34)41)38-21-13-28(2,3)14-22(39)24(21)25(37-38)29(30,31)32/h6,9,12,15-16,18,36H,4-5,7-8,10-11,13-14,33H2,1-3H3,(H2,34,41)(H,35,40)/t15-,16-,18-/m0/s1. The van der Waals surface area contributed by atoms with E-state index in [1.54, 1.807) is 0 Å². The molecule has 0 radical (unpaired) electrons. The fourth-order valence-corrected chi connectivity index (χ4v) is 5.67. The first-order valence-corrected chi connectivity index (χ1v) is 14.2. The number of carbonyl (C=O) groups excluding carboxylic acids is 4. The maximum absolute atomic E-state index is 13.9. The smallest absolute Gasteiger partial charge is 0.435 e. The SMILES string of the molecule is C[C@H](NC(=O)CCN)C(=O)O[C@H]1CC[C@H](Nc2cc(-n3nc(C(F)(F)F)c4c3CC(C)(C)CC4=O)ccc2C(N)=O)CC1. The van der Waals surface area contributed by atoms with Gasteiger partial charge >= 0.3 is 12.1 Å². The zero-order valence-corrected chi connectivity index (χ0v) is 24.3. The van der Waals surface area contributed by atoms with Crippen molar-refractivity contribution in [3.8, 4) is 5.69 Å². The number of Topliss-reactive ketones (excluding diaryl/α,β-unsaturated/α-hetero) is 1. The number of alkyl halides is 3. The zero-order chi connectivity index (χ0) is 31.7. The van der Waals surface area contributed by atoms with E-state index in [0.29, 0.717) is 31.4 Å². The molecule has 4 rings (SSSR count). The van der Waals surface area contributed by atoms with Gasteiger partial charge in [-0.1, -0.05) is 13.8 Å². The van der Waals surface area contributed by atoms with Crippen LogP contribution < -0.4 is 22.1 Å². The molecule has 234 valence electrons. The lowest BCUT2D eigenvalue weighted by Crippen LogP contribution is -2.42.